The molecular formula is C22H26BrNO2. The molecule has 0 N–H and O–H groups in total. The Labute approximate surface area is 164 Å². The molecule has 0 aromatic heterocycles. The molecule has 1 amide bonds. The third kappa shape index (κ3) is 3.71. The van der Waals surface area contributed by atoms with E-state index in [1.165, 1.54) is 11.1 Å². The molecule has 0 saturated heterocycles. The maximum absolute atomic E-state index is 12.8. The largest absolute Gasteiger partial charge is 0.319 e. The van der Waals surface area contributed by atoms with Crippen molar-refractivity contribution in [2.75, 3.05) is 6.54 Å². The van der Waals surface area contributed by atoms with Crippen LogP contribution in [-0.4, -0.2) is 23.1 Å². The van der Waals surface area contributed by atoms with Crippen LogP contribution in [0.1, 0.15) is 45.1 Å². The topological polar surface area (TPSA) is 37.4 Å². The minimum absolute atomic E-state index is 0.0136. The smallest absolute Gasteiger partial charge is 0.223 e. The number of halogens is 1. The van der Waals surface area contributed by atoms with E-state index in [1.54, 1.807) is 11.8 Å². The maximum Gasteiger partial charge on any atom is 0.223 e. The predicted octanol–water partition coefficient (Wildman–Crippen LogP) is 5.02. The summed E-state index contributed by atoms with van der Waals surface area (Å²) in [6.45, 7) is 4.36. The first-order valence-corrected chi connectivity index (χ1v) is 10.2. The van der Waals surface area contributed by atoms with Gasteiger partial charge in [0.15, 0.2) is 5.78 Å². The first kappa shape index (κ1) is 19.1. The highest BCUT2D eigenvalue weighted by atomic mass is 79.9. The minimum Gasteiger partial charge on any atom is -0.319 e. The van der Waals surface area contributed by atoms with Gasteiger partial charge in [-0.15, -0.1) is 0 Å². The Bertz CT molecular complexity index is 753. The average Bonchev–Trinajstić information content (AvgIpc) is 2.89. The number of rotatable bonds is 4. The van der Waals surface area contributed by atoms with Gasteiger partial charge in [-0.3, -0.25) is 9.59 Å². The number of benzene rings is 1. The van der Waals surface area contributed by atoms with Crippen molar-refractivity contribution in [2.45, 2.75) is 46.0 Å². The zero-order chi connectivity index (χ0) is 18.7. The molecule has 2 fully saturated rings. The Hall–Kier alpha value is -1.68. The molecule has 0 unspecified atom stereocenters. The molecule has 0 radical (unpaired) electrons. The summed E-state index contributed by atoms with van der Waals surface area (Å²) in [6, 6.07) is 10.1. The van der Waals surface area contributed by atoms with Gasteiger partial charge in [-0.05, 0) is 42.1 Å². The number of hydrogen-bond acceptors (Lipinski definition) is 2. The lowest BCUT2D eigenvalue weighted by atomic mass is 9.66. The van der Waals surface area contributed by atoms with Gasteiger partial charge in [0.05, 0.1) is 0 Å². The Kier molecular flexibility index (Phi) is 5.81. The molecule has 0 bridgehead atoms. The van der Waals surface area contributed by atoms with Crippen molar-refractivity contribution >= 4 is 27.6 Å². The number of fused-ring (bicyclic) bond motifs is 1. The molecule has 2 saturated carbocycles. The van der Waals surface area contributed by atoms with Gasteiger partial charge in [-0.2, -0.15) is 0 Å². The monoisotopic (exact) mass is 415 g/mol. The van der Waals surface area contributed by atoms with E-state index < -0.39 is 0 Å². The average molecular weight is 416 g/mol. The second-order valence-corrected chi connectivity index (χ2v) is 8.08. The van der Waals surface area contributed by atoms with Crippen molar-refractivity contribution in [3.8, 4) is 0 Å². The van der Waals surface area contributed by atoms with Gasteiger partial charge in [-0.25, -0.2) is 0 Å². The molecule has 2 atom stereocenters. The molecule has 26 heavy (non-hydrogen) atoms. The van der Waals surface area contributed by atoms with Crippen LogP contribution in [0.2, 0.25) is 0 Å². The lowest BCUT2D eigenvalue weighted by Crippen LogP contribution is -2.32. The van der Waals surface area contributed by atoms with E-state index in [9.17, 15) is 9.59 Å². The summed E-state index contributed by atoms with van der Waals surface area (Å²) < 4.78 is 0. The number of allylic oxidation sites excluding steroid dienone is 2. The van der Waals surface area contributed by atoms with Crippen LogP contribution in [0.5, 0.6) is 0 Å². The summed E-state index contributed by atoms with van der Waals surface area (Å²) in [5.74, 6) is 0.440. The molecule has 2 aliphatic carbocycles. The van der Waals surface area contributed by atoms with Gasteiger partial charge in [0.25, 0.3) is 0 Å². The maximum atomic E-state index is 12.8. The molecule has 0 aliphatic heterocycles. The summed E-state index contributed by atoms with van der Waals surface area (Å²) in [6.07, 6.45) is 6.33. The highest BCUT2D eigenvalue weighted by molar-refractivity contribution is 9.11. The standard InChI is InChI=1S/C22H26BrNO2/c1-16(25)24(12-10-17-7-4-3-5-8-17)15-20-21(26)13-19-18(14-23)9-6-11-22(19,20)2/h3-5,7-8,14-15,19H,6,9-13H2,1-2H3/b18-14+,20-15?/t19-,22+/m0/s1. The molecule has 3 rings (SSSR count). The van der Waals surface area contributed by atoms with Crippen LogP contribution in [-0.2, 0) is 16.0 Å². The first-order valence-electron chi connectivity index (χ1n) is 9.31. The lowest BCUT2D eigenvalue weighted by molar-refractivity contribution is -0.126. The summed E-state index contributed by atoms with van der Waals surface area (Å²) in [5.41, 5.74) is 3.20. The SMILES string of the molecule is CC(=O)N(C=C1C(=O)C[C@H]2/C(=C/Br)CCC[C@@]12C)CCc1ccccc1. The van der Waals surface area contributed by atoms with Crippen molar-refractivity contribution in [3.63, 3.8) is 0 Å². The quantitative estimate of drug-likeness (QED) is 0.647. The van der Waals surface area contributed by atoms with Crippen LogP contribution in [0.4, 0.5) is 0 Å². The van der Waals surface area contributed by atoms with Crippen LogP contribution >= 0.6 is 15.9 Å². The van der Waals surface area contributed by atoms with Crippen LogP contribution in [0, 0.1) is 11.3 Å². The van der Waals surface area contributed by atoms with Crippen molar-refractivity contribution < 1.29 is 9.59 Å². The number of carbonyl (C=O) groups is 2. The van der Waals surface area contributed by atoms with Crippen LogP contribution < -0.4 is 0 Å². The fraction of sp³-hybridized carbons (Fsp3) is 0.455. The zero-order valence-corrected chi connectivity index (χ0v) is 17.1. The van der Waals surface area contributed by atoms with Gasteiger partial charge < -0.3 is 4.90 Å². The number of ketones is 1. The summed E-state index contributed by atoms with van der Waals surface area (Å²) in [4.78, 5) is 28.7. The van der Waals surface area contributed by atoms with Gasteiger partial charge in [0, 0.05) is 37.1 Å². The first-order chi connectivity index (χ1) is 12.5. The fourth-order valence-corrected chi connectivity index (χ4v) is 4.97. The van der Waals surface area contributed by atoms with Gasteiger partial charge >= 0.3 is 0 Å². The van der Waals surface area contributed by atoms with Gasteiger partial charge in [0.1, 0.15) is 0 Å². The fourth-order valence-electron chi connectivity index (χ4n) is 4.42. The van der Waals surface area contributed by atoms with Crippen molar-refractivity contribution in [2.24, 2.45) is 11.3 Å². The number of carbonyl (C=O) groups excluding carboxylic acids is 2. The zero-order valence-electron chi connectivity index (χ0n) is 15.5. The number of amides is 1. The molecule has 0 heterocycles. The Balaban J connectivity index is 1.85. The van der Waals surface area contributed by atoms with Crippen LogP contribution in [0.15, 0.2) is 52.7 Å². The molecular weight excluding hydrogens is 390 g/mol. The predicted molar refractivity (Wildman–Crippen MR) is 108 cm³/mol. The molecule has 1 aromatic carbocycles. The second-order valence-electron chi connectivity index (χ2n) is 7.63. The van der Waals surface area contributed by atoms with Crippen molar-refractivity contribution in [1.82, 2.24) is 4.90 Å². The second kappa shape index (κ2) is 7.91. The van der Waals surface area contributed by atoms with E-state index in [1.807, 2.05) is 29.4 Å². The highest BCUT2D eigenvalue weighted by Gasteiger charge is 2.50. The molecule has 2 aliphatic rings. The Morgan fingerprint density at radius 3 is 2.73 bits per heavy atom. The molecule has 0 spiro atoms. The summed E-state index contributed by atoms with van der Waals surface area (Å²) in [5, 5.41) is 0. The van der Waals surface area contributed by atoms with E-state index in [4.69, 9.17) is 0 Å². The Morgan fingerprint density at radius 2 is 2.08 bits per heavy atom. The van der Waals surface area contributed by atoms with E-state index in [-0.39, 0.29) is 23.0 Å². The summed E-state index contributed by atoms with van der Waals surface area (Å²) in [7, 11) is 0. The number of Topliss-reactive ketones (excluding diaryl/α,β-unsaturated/α-hetero) is 1. The van der Waals surface area contributed by atoms with Gasteiger partial charge in [-0.1, -0.05) is 58.8 Å². The normalized spacial score (nSPS) is 28.4. The minimum atomic E-state index is -0.157. The third-order valence-electron chi connectivity index (χ3n) is 6.00. The van der Waals surface area contributed by atoms with E-state index in [0.717, 1.165) is 31.3 Å². The molecule has 3 nitrogen and oxygen atoms in total. The Morgan fingerprint density at radius 1 is 1.35 bits per heavy atom. The van der Waals surface area contributed by atoms with E-state index >= 15 is 0 Å². The van der Waals surface area contributed by atoms with E-state index in [2.05, 4.69) is 35.0 Å². The van der Waals surface area contributed by atoms with Crippen LogP contribution in [0.3, 0.4) is 0 Å². The number of nitrogens with zero attached hydrogens (tertiary/aromatic N) is 1. The van der Waals surface area contributed by atoms with Crippen molar-refractivity contribution in [1.29, 1.82) is 0 Å². The highest BCUT2D eigenvalue weighted by Crippen LogP contribution is 2.55. The molecule has 138 valence electrons. The van der Waals surface area contributed by atoms with Crippen LogP contribution in [0.25, 0.3) is 0 Å². The number of hydrogen-bond donors (Lipinski definition) is 0. The van der Waals surface area contributed by atoms with E-state index in [0.29, 0.717) is 13.0 Å². The third-order valence-corrected chi connectivity index (χ3v) is 6.59. The molecule has 4 heteroatoms. The van der Waals surface area contributed by atoms with Crippen molar-refractivity contribution in [3.05, 3.63) is 58.2 Å². The molecule has 1 aromatic rings. The lowest BCUT2D eigenvalue weighted by Gasteiger charge is -2.38. The van der Waals surface area contributed by atoms with Gasteiger partial charge in [0.2, 0.25) is 5.91 Å². The summed E-state index contributed by atoms with van der Waals surface area (Å²) >= 11 is 3.48.